The highest BCUT2D eigenvalue weighted by Crippen LogP contribution is 2.12. The molecule has 0 saturated carbocycles. The fourth-order valence-electron chi connectivity index (χ4n) is 1.65. The van der Waals surface area contributed by atoms with Crippen LogP contribution < -0.4 is 5.32 Å². The number of hydrogen-bond donors (Lipinski definition) is 1. The van der Waals surface area contributed by atoms with Crippen LogP contribution in [-0.4, -0.2) is 44.7 Å². The van der Waals surface area contributed by atoms with Gasteiger partial charge in [0, 0.05) is 20.7 Å². The maximum absolute atomic E-state index is 11.7. The number of ether oxygens (including phenoxy) is 1. The molecule has 0 saturated heterocycles. The Morgan fingerprint density at radius 2 is 2.06 bits per heavy atom. The molecule has 1 atom stereocenters. The van der Waals surface area contributed by atoms with Crippen LogP contribution in [0.25, 0.3) is 0 Å². The van der Waals surface area contributed by atoms with Gasteiger partial charge in [0.1, 0.15) is 0 Å². The van der Waals surface area contributed by atoms with E-state index in [4.69, 9.17) is 4.74 Å². The molecule has 100 valence electrons. The quantitative estimate of drug-likeness (QED) is 0.796. The van der Waals surface area contributed by atoms with Gasteiger partial charge < -0.3 is 9.64 Å². The molecule has 1 unspecified atom stereocenters. The Morgan fingerprint density at radius 3 is 2.61 bits per heavy atom. The molecule has 1 aromatic carbocycles. The van der Waals surface area contributed by atoms with E-state index in [0.29, 0.717) is 13.2 Å². The Balaban J connectivity index is 2.56. The van der Waals surface area contributed by atoms with E-state index in [1.54, 1.807) is 19.1 Å². The highest BCUT2D eigenvalue weighted by Gasteiger charge is 2.13. The standard InChI is InChI=1S/C14H22N2O2/c1-4-16(2)14(17)10-15-13(11-18-3)12-8-6-5-7-9-12/h5-9,13,15H,4,10-11H2,1-3H3. The van der Waals surface area contributed by atoms with Gasteiger partial charge >= 0.3 is 0 Å². The number of nitrogens with zero attached hydrogens (tertiary/aromatic N) is 1. The molecule has 0 bridgehead atoms. The van der Waals surface area contributed by atoms with E-state index in [0.717, 1.165) is 12.1 Å². The number of nitrogens with one attached hydrogen (secondary N) is 1. The van der Waals surface area contributed by atoms with Crippen molar-refractivity contribution < 1.29 is 9.53 Å². The van der Waals surface area contributed by atoms with E-state index >= 15 is 0 Å². The average molecular weight is 250 g/mol. The molecule has 0 aromatic heterocycles. The van der Waals surface area contributed by atoms with Crippen LogP contribution in [0.5, 0.6) is 0 Å². The number of carbonyl (C=O) groups excluding carboxylic acids is 1. The lowest BCUT2D eigenvalue weighted by Crippen LogP contribution is -2.38. The third-order valence-corrected chi connectivity index (χ3v) is 2.94. The maximum atomic E-state index is 11.7. The van der Waals surface area contributed by atoms with Crippen molar-refractivity contribution in [3.05, 3.63) is 35.9 Å². The van der Waals surface area contributed by atoms with Crippen molar-refractivity contribution in [1.82, 2.24) is 10.2 Å². The van der Waals surface area contributed by atoms with Crippen LogP contribution >= 0.6 is 0 Å². The molecule has 0 heterocycles. The molecular weight excluding hydrogens is 228 g/mol. The lowest BCUT2D eigenvalue weighted by Gasteiger charge is -2.20. The number of methoxy groups -OCH3 is 1. The van der Waals surface area contributed by atoms with Crippen molar-refractivity contribution in [3.8, 4) is 0 Å². The van der Waals surface area contributed by atoms with Gasteiger partial charge in [0.05, 0.1) is 19.2 Å². The first-order chi connectivity index (χ1) is 8.69. The molecular formula is C14H22N2O2. The van der Waals surface area contributed by atoms with E-state index in [2.05, 4.69) is 5.32 Å². The monoisotopic (exact) mass is 250 g/mol. The molecule has 0 aliphatic heterocycles. The van der Waals surface area contributed by atoms with Crippen molar-refractivity contribution in [2.45, 2.75) is 13.0 Å². The minimum absolute atomic E-state index is 0.0467. The average Bonchev–Trinajstić information content (AvgIpc) is 2.43. The van der Waals surface area contributed by atoms with Gasteiger partial charge in [-0.05, 0) is 12.5 Å². The minimum atomic E-state index is 0.0467. The number of benzene rings is 1. The number of amides is 1. The molecule has 0 fully saturated rings. The highest BCUT2D eigenvalue weighted by molar-refractivity contribution is 5.77. The zero-order valence-electron chi connectivity index (χ0n) is 11.3. The van der Waals surface area contributed by atoms with Crippen LogP contribution in [0.3, 0.4) is 0 Å². The molecule has 4 nitrogen and oxygen atoms in total. The molecule has 1 aromatic rings. The largest absolute Gasteiger partial charge is 0.383 e. The van der Waals surface area contributed by atoms with Crippen molar-refractivity contribution in [2.75, 3.05) is 33.9 Å². The molecule has 0 radical (unpaired) electrons. The van der Waals surface area contributed by atoms with Crippen LogP contribution in [0.15, 0.2) is 30.3 Å². The SMILES string of the molecule is CCN(C)C(=O)CNC(COC)c1ccccc1. The minimum Gasteiger partial charge on any atom is -0.383 e. The van der Waals surface area contributed by atoms with Gasteiger partial charge in [-0.25, -0.2) is 0 Å². The molecule has 1 amide bonds. The van der Waals surface area contributed by atoms with Crippen molar-refractivity contribution in [1.29, 1.82) is 0 Å². The molecule has 0 aliphatic rings. The van der Waals surface area contributed by atoms with Gasteiger partial charge in [-0.15, -0.1) is 0 Å². The first kappa shape index (κ1) is 14.7. The predicted molar refractivity (Wildman–Crippen MR) is 72.4 cm³/mol. The third kappa shape index (κ3) is 4.47. The third-order valence-electron chi connectivity index (χ3n) is 2.94. The summed E-state index contributed by atoms with van der Waals surface area (Å²) in [4.78, 5) is 13.4. The van der Waals surface area contributed by atoms with Gasteiger partial charge in [0.15, 0.2) is 0 Å². The van der Waals surface area contributed by atoms with Crippen molar-refractivity contribution >= 4 is 5.91 Å². The molecule has 1 N–H and O–H groups in total. The zero-order chi connectivity index (χ0) is 13.4. The summed E-state index contributed by atoms with van der Waals surface area (Å²) >= 11 is 0. The summed E-state index contributed by atoms with van der Waals surface area (Å²) in [5, 5.41) is 3.24. The van der Waals surface area contributed by atoms with Gasteiger partial charge in [0.2, 0.25) is 5.91 Å². The van der Waals surface area contributed by atoms with Gasteiger partial charge in [-0.1, -0.05) is 30.3 Å². The lowest BCUT2D eigenvalue weighted by molar-refractivity contribution is -0.128. The highest BCUT2D eigenvalue weighted by atomic mass is 16.5. The number of likely N-dealkylation sites (N-methyl/N-ethyl adjacent to an activating group) is 1. The second-order valence-electron chi connectivity index (χ2n) is 4.21. The lowest BCUT2D eigenvalue weighted by atomic mass is 10.1. The van der Waals surface area contributed by atoms with Crippen LogP contribution in [0.2, 0.25) is 0 Å². The fourth-order valence-corrected chi connectivity index (χ4v) is 1.65. The Labute approximate surface area is 109 Å². The van der Waals surface area contributed by atoms with E-state index in [1.807, 2.05) is 37.3 Å². The van der Waals surface area contributed by atoms with Gasteiger partial charge in [-0.3, -0.25) is 10.1 Å². The molecule has 1 rings (SSSR count). The van der Waals surface area contributed by atoms with Crippen LogP contribution in [0.4, 0.5) is 0 Å². The summed E-state index contributed by atoms with van der Waals surface area (Å²) in [6, 6.07) is 10.1. The van der Waals surface area contributed by atoms with E-state index < -0.39 is 0 Å². The van der Waals surface area contributed by atoms with E-state index in [1.165, 1.54) is 0 Å². The summed E-state index contributed by atoms with van der Waals surface area (Å²) in [5.41, 5.74) is 1.13. The molecule has 0 aliphatic carbocycles. The van der Waals surface area contributed by atoms with E-state index in [-0.39, 0.29) is 11.9 Å². The summed E-state index contributed by atoms with van der Waals surface area (Å²) in [5.74, 6) is 0.0922. The fraction of sp³-hybridized carbons (Fsp3) is 0.500. The van der Waals surface area contributed by atoms with Crippen LogP contribution in [0, 0.1) is 0 Å². The zero-order valence-corrected chi connectivity index (χ0v) is 11.3. The Bertz CT molecular complexity index is 354. The molecule has 4 heteroatoms. The van der Waals surface area contributed by atoms with Crippen LogP contribution in [-0.2, 0) is 9.53 Å². The Hall–Kier alpha value is -1.39. The summed E-state index contributed by atoms with van der Waals surface area (Å²) in [7, 11) is 3.47. The predicted octanol–water partition coefficient (Wildman–Crippen LogP) is 1.44. The molecule has 0 spiro atoms. The first-order valence-corrected chi connectivity index (χ1v) is 6.20. The summed E-state index contributed by atoms with van der Waals surface area (Å²) in [6.07, 6.45) is 0. The maximum Gasteiger partial charge on any atom is 0.236 e. The second-order valence-corrected chi connectivity index (χ2v) is 4.21. The van der Waals surface area contributed by atoms with Gasteiger partial charge in [-0.2, -0.15) is 0 Å². The normalized spacial score (nSPS) is 12.2. The summed E-state index contributed by atoms with van der Waals surface area (Å²) < 4.78 is 5.19. The number of carbonyl (C=O) groups is 1. The van der Waals surface area contributed by atoms with Crippen LogP contribution in [0.1, 0.15) is 18.5 Å². The summed E-state index contributed by atoms with van der Waals surface area (Å²) in [6.45, 7) is 3.56. The van der Waals surface area contributed by atoms with E-state index in [9.17, 15) is 4.79 Å². The number of hydrogen-bond acceptors (Lipinski definition) is 3. The topological polar surface area (TPSA) is 41.6 Å². The second kappa shape index (κ2) is 7.84. The van der Waals surface area contributed by atoms with Crippen molar-refractivity contribution in [3.63, 3.8) is 0 Å². The number of rotatable bonds is 7. The Kier molecular flexibility index (Phi) is 6.39. The Morgan fingerprint density at radius 1 is 1.39 bits per heavy atom. The van der Waals surface area contributed by atoms with Crippen molar-refractivity contribution in [2.24, 2.45) is 0 Å². The first-order valence-electron chi connectivity index (χ1n) is 6.20. The van der Waals surface area contributed by atoms with Gasteiger partial charge in [0.25, 0.3) is 0 Å². The smallest absolute Gasteiger partial charge is 0.236 e. The molecule has 18 heavy (non-hydrogen) atoms.